The van der Waals surface area contributed by atoms with E-state index >= 15 is 0 Å². The van der Waals surface area contributed by atoms with E-state index in [9.17, 15) is 21.6 Å². The second-order valence-corrected chi connectivity index (χ2v) is 7.17. The molecule has 23 heavy (non-hydrogen) atoms. The molecule has 1 N–H and O–H groups in total. The summed E-state index contributed by atoms with van der Waals surface area (Å²) in [6.07, 6.45) is -4.58. The number of alkyl halides is 3. The summed E-state index contributed by atoms with van der Waals surface area (Å²) >= 11 is 0. The maximum Gasteiger partial charge on any atom is 0.416 e. The van der Waals surface area contributed by atoms with Gasteiger partial charge in [0, 0.05) is 25.7 Å². The molecule has 1 saturated heterocycles. The minimum atomic E-state index is -4.58. The van der Waals surface area contributed by atoms with Gasteiger partial charge < -0.3 is 4.74 Å². The van der Waals surface area contributed by atoms with Crippen molar-refractivity contribution in [1.82, 2.24) is 9.62 Å². The van der Waals surface area contributed by atoms with Crippen molar-refractivity contribution in [2.75, 3.05) is 32.8 Å². The first-order valence-corrected chi connectivity index (χ1v) is 8.66. The summed E-state index contributed by atoms with van der Waals surface area (Å²) in [6.45, 7) is 4.74. The molecule has 0 radical (unpaired) electrons. The highest BCUT2D eigenvalue weighted by atomic mass is 32.2. The van der Waals surface area contributed by atoms with Gasteiger partial charge in [0.1, 0.15) is 0 Å². The van der Waals surface area contributed by atoms with Gasteiger partial charge in [-0.1, -0.05) is 6.07 Å². The van der Waals surface area contributed by atoms with Crippen molar-refractivity contribution in [3.05, 3.63) is 29.8 Å². The molecule has 1 aromatic carbocycles. The Kier molecular flexibility index (Phi) is 5.66. The standard InChI is InChI=1S/C14H19F3N2O3S/c1-11(10-19-5-7-22-8-6-19)18-23(20,21)13-4-2-3-12(9-13)14(15,16)17/h2-4,9,11,18H,5-8,10H2,1H3. The van der Waals surface area contributed by atoms with Crippen LogP contribution in [0.4, 0.5) is 13.2 Å². The van der Waals surface area contributed by atoms with Crippen LogP contribution in [0.2, 0.25) is 0 Å². The van der Waals surface area contributed by atoms with Crippen molar-refractivity contribution in [2.45, 2.75) is 24.0 Å². The molecule has 2 rings (SSSR count). The van der Waals surface area contributed by atoms with E-state index in [1.54, 1.807) is 6.92 Å². The quantitative estimate of drug-likeness (QED) is 0.876. The normalized spacial score (nSPS) is 18.8. The van der Waals surface area contributed by atoms with Crippen LogP contribution in [-0.2, 0) is 20.9 Å². The molecule has 130 valence electrons. The summed E-state index contributed by atoms with van der Waals surface area (Å²) in [4.78, 5) is 1.66. The lowest BCUT2D eigenvalue weighted by atomic mass is 10.2. The van der Waals surface area contributed by atoms with E-state index in [-0.39, 0.29) is 4.90 Å². The average molecular weight is 352 g/mol. The van der Waals surface area contributed by atoms with Crippen LogP contribution in [0.5, 0.6) is 0 Å². The molecule has 1 atom stereocenters. The molecule has 0 bridgehead atoms. The largest absolute Gasteiger partial charge is 0.416 e. The number of halogens is 3. The summed E-state index contributed by atoms with van der Waals surface area (Å²) in [5, 5.41) is 0. The Labute approximate surface area is 133 Å². The van der Waals surface area contributed by atoms with Crippen molar-refractivity contribution in [3.8, 4) is 0 Å². The van der Waals surface area contributed by atoms with Crippen LogP contribution in [0.1, 0.15) is 12.5 Å². The number of hydrogen-bond acceptors (Lipinski definition) is 4. The van der Waals surface area contributed by atoms with Gasteiger partial charge in [0.25, 0.3) is 0 Å². The number of rotatable bonds is 5. The van der Waals surface area contributed by atoms with Gasteiger partial charge >= 0.3 is 6.18 Å². The van der Waals surface area contributed by atoms with Gasteiger partial charge in [-0.2, -0.15) is 13.2 Å². The lowest BCUT2D eigenvalue weighted by molar-refractivity contribution is -0.137. The zero-order valence-electron chi connectivity index (χ0n) is 12.6. The van der Waals surface area contributed by atoms with Crippen LogP contribution in [0.25, 0.3) is 0 Å². The lowest BCUT2D eigenvalue weighted by Crippen LogP contribution is -2.45. The fourth-order valence-electron chi connectivity index (χ4n) is 2.38. The molecule has 0 aromatic heterocycles. The molecule has 0 amide bonds. The number of nitrogens with one attached hydrogen (secondary N) is 1. The number of nitrogens with zero attached hydrogens (tertiary/aromatic N) is 1. The molecular formula is C14H19F3N2O3S. The van der Waals surface area contributed by atoms with E-state index in [0.717, 1.165) is 18.2 Å². The van der Waals surface area contributed by atoms with E-state index in [4.69, 9.17) is 4.74 Å². The summed E-state index contributed by atoms with van der Waals surface area (Å²) in [5.74, 6) is 0. The molecule has 1 aliphatic heterocycles. The van der Waals surface area contributed by atoms with Crippen molar-refractivity contribution >= 4 is 10.0 Å². The number of benzene rings is 1. The van der Waals surface area contributed by atoms with Crippen LogP contribution in [0.3, 0.4) is 0 Å². The van der Waals surface area contributed by atoms with Crippen LogP contribution in [0.15, 0.2) is 29.2 Å². The highest BCUT2D eigenvalue weighted by Gasteiger charge is 2.32. The molecule has 1 aromatic rings. The van der Waals surface area contributed by atoms with Gasteiger partial charge in [0.2, 0.25) is 10.0 Å². The van der Waals surface area contributed by atoms with Gasteiger partial charge in [-0.15, -0.1) is 0 Å². The topological polar surface area (TPSA) is 58.6 Å². The van der Waals surface area contributed by atoms with E-state index in [1.807, 2.05) is 4.90 Å². The first-order valence-electron chi connectivity index (χ1n) is 7.18. The molecule has 1 aliphatic rings. The lowest BCUT2D eigenvalue weighted by Gasteiger charge is -2.29. The Balaban J connectivity index is 2.06. The zero-order valence-corrected chi connectivity index (χ0v) is 13.5. The second-order valence-electron chi connectivity index (χ2n) is 5.46. The predicted molar refractivity (Wildman–Crippen MR) is 78.5 cm³/mol. The van der Waals surface area contributed by atoms with E-state index in [2.05, 4.69) is 4.72 Å². The Morgan fingerprint density at radius 3 is 2.57 bits per heavy atom. The average Bonchev–Trinajstić information content (AvgIpc) is 2.47. The summed E-state index contributed by atoms with van der Waals surface area (Å²) in [5.41, 5.74) is -0.985. The fourth-order valence-corrected chi connectivity index (χ4v) is 3.66. The first-order chi connectivity index (χ1) is 10.7. The number of sulfonamides is 1. The van der Waals surface area contributed by atoms with Crippen molar-refractivity contribution in [3.63, 3.8) is 0 Å². The Hall–Kier alpha value is -1.16. The Bertz CT molecular complexity index is 628. The van der Waals surface area contributed by atoms with Crippen LogP contribution in [-0.4, -0.2) is 52.2 Å². The van der Waals surface area contributed by atoms with Crippen molar-refractivity contribution < 1.29 is 26.3 Å². The van der Waals surface area contributed by atoms with E-state index < -0.39 is 27.8 Å². The van der Waals surface area contributed by atoms with Crippen LogP contribution >= 0.6 is 0 Å². The fraction of sp³-hybridized carbons (Fsp3) is 0.571. The molecule has 0 spiro atoms. The maximum atomic E-state index is 12.7. The minimum Gasteiger partial charge on any atom is -0.379 e. The maximum absolute atomic E-state index is 12.7. The molecule has 0 saturated carbocycles. The van der Waals surface area contributed by atoms with Gasteiger partial charge in [-0.3, -0.25) is 4.90 Å². The first kappa shape index (κ1) is 18.2. The van der Waals surface area contributed by atoms with Gasteiger partial charge in [-0.25, -0.2) is 13.1 Å². The molecule has 9 heteroatoms. The van der Waals surface area contributed by atoms with Gasteiger partial charge in [0.15, 0.2) is 0 Å². The highest BCUT2D eigenvalue weighted by Crippen LogP contribution is 2.30. The zero-order chi connectivity index (χ0) is 17.1. The molecule has 1 heterocycles. The SMILES string of the molecule is CC(CN1CCOCC1)NS(=O)(=O)c1cccc(C(F)(F)F)c1. The third kappa shape index (κ3) is 5.17. The van der Waals surface area contributed by atoms with Crippen LogP contribution < -0.4 is 4.72 Å². The molecule has 0 aliphatic carbocycles. The molecular weight excluding hydrogens is 333 g/mol. The highest BCUT2D eigenvalue weighted by molar-refractivity contribution is 7.89. The summed E-state index contributed by atoms with van der Waals surface area (Å²) < 4.78 is 70.2. The second kappa shape index (κ2) is 7.16. The monoisotopic (exact) mass is 352 g/mol. The summed E-state index contributed by atoms with van der Waals surface area (Å²) in [6, 6.07) is 3.30. The third-order valence-electron chi connectivity index (χ3n) is 3.46. The smallest absolute Gasteiger partial charge is 0.379 e. The third-order valence-corrected chi connectivity index (χ3v) is 5.05. The minimum absolute atomic E-state index is 0.388. The Morgan fingerprint density at radius 1 is 1.30 bits per heavy atom. The van der Waals surface area contributed by atoms with E-state index in [1.165, 1.54) is 0 Å². The van der Waals surface area contributed by atoms with Crippen LogP contribution in [0, 0.1) is 0 Å². The Morgan fingerprint density at radius 2 is 1.96 bits per heavy atom. The molecule has 5 nitrogen and oxygen atoms in total. The number of hydrogen-bond donors (Lipinski definition) is 1. The number of morpholine rings is 1. The number of ether oxygens (including phenoxy) is 1. The molecule has 1 unspecified atom stereocenters. The van der Waals surface area contributed by atoms with Gasteiger partial charge in [0.05, 0.1) is 23.7 Å². The van der Waals surface area contributed by atoms with E-state index in [0.29, 0.717) is 38.9 Å². The van der Waals surface area contributed by atoms with Crippen molar-refractivity contribution in [1.29, 1.82) is 0 Å². The van der Waals surface area contributed by atoms with Crippen molar-refractivity contribution in [2.24, 2.45) is 0 Å². The molecule has 1 fully saturated rings. The van der Waals surface area contributed by atoms with Gasteiger partial charge in [-0.05, 0) is 25.1 Å². The summed E-state index contributed by atoms with van der Waals surface area (Å²) in [7, 11) is -4.00. The predicted octanol–water partition coefficient (Wildman–Crippen LogP) is 1.70.